The summed E-state index contributed by atoms with van der Waals surface area (Å²) in [6, 6.07) is 1.86. The maximum absolute atomic E-state index is 10.5. The molecule has 1 aromatic rings. The molecular formula is C9H10O2S. The molecule has 64 valence electrons. The molecule has 1 aliphatic rings. The van der Waals surface area contributed by atoms with Gasteiger partial charge in [0.15, 0.2) is 6.29 Å². The van der Waals surface area contributed by atoms with Gasteiger partial charge in [0.1, 0.15) is 10.6 Å². The molecule has 1 fully saturated rings. The minimum Gasteiger partial charge on any atom is -0.492 e. The van der Waals surface area contributed by atoms with Gasteiger partial charge in [0, 0.05) is 0 Å². The van der Waals surface area contributed by atoms with E-state index in [-0.39, 0.29) is 0 Å². The van der Waals surface area contributed by atoms with Gasteiger partial charge in [-0.3, -0.25) is 4.79 Å². The number of ether oxygens (including phenoxy) is 1. The van der Waals surface area contributed by atoms with Crippen LogP contribution in [0.3, 0.4) is 0 Å². The average molecular weight is 182 g/mol. The summed E-state index contributed by atoms with van der Waals surface area (Å²) in [5.41, 5.74) is 0. The fourth-order valence-corrected chi connectivity index (χ4v) is 1.64. The van der Waals surface area contributed by atoms with Crippen molar-refractivity contribution in [3.8, 4) is 5.75 Å². The third-order valence-corrected chi connectivity index (χ3v) is 2.76. The van der Waals surface area contributed by atoms with Crippen LogP contribution in [0.5, 0.6) is 5.75 Å². The topological polar surface area (TPSA) is 26.3 Å². The predicted octanol–water partition coefficient (Wildman–Crippen LogP) is 2.35. The SMILES string of the molecule is O=Cc1sccc1OCC1CC1. The molecule has 0 atom stereocenters. The molecule has 0 spiro atoms. The van der Waals surface area contributed by atoms with Crippen LogP contribution in [0, 0.1) is 5.92 Å². The first-order valence-electron chi connectivity index (χ1n) is 4.05. The first kappa shape index (κ1) is 7.80. The van der Waals surface area contributed by atoms with E-state index >= 15 is 0 Å². The average Bonchev–Trinajstić information content (AvgIpc) is 2.81. The molecule has 0 amide bonds. The summed E-state index contributed by atoms with van der Waals surface area (Å²) in [6.07, 6.45) is 3.41. The van der Waals surface area contributed by atoms with E-state index < -0.39 is 0 Å². The molecule has 0 N–H and O–H groups in total. The Labute approximate surface area is 75.2 Å². The molecule has 1 saturated carbocycles. The fraction of sp³-hybridized carbons (Fsp3) is 0.444. The Bertz CT molecular complexity index is 276. The van der Waals surface area contributed by atoms with Crippen LogP contribution in [-0.4, -0.2) is 12.9 Å². The molecule has 0 radical (unpaired) electrons. The van der Waals surface area contributed by atoms with Gasteiger partial charge in [-0.25, -0.2) is 0 Å². The molecule has 1 aromatic heterocycles. The van der Waals surface area contributed by atoms with Crippen LogP contribution in [0.15, 0.2) is 11.4 Å². The van der Waals surface area contributed by atoms with Crippen molar-refractivity contribution >= 4 is 17.6 Å². The van der Waals surface area contributed by atoms with Crippen molar-refractivity contribution in [3.05, 3.63) is 16.3 Å². The number of aldehydes is 1. The van der Waals surface area contributed by atoms with E-state index in [0.29, 0.717) is 4.88 Å². The van der Waals surface area contributed by atoms with Gasteiger partial charge in [0.05, 0.1) is 6.61 Å². The van der Waals surface area contributed by atoms with Gasteiger partial charge in [0.25, 0.3) is 0 Å². The fourth-order valence-electron chi connectivity index (χ4n) is 1.01. The van der Waals surface area contributed by atoms with Crippen molar-refractivity contribution in [1.29, 1.82) is 0 Å². The van der Waals surface area contributed by atoms with Gasteiger partial charge in [-0.2, -0.15) is 0 Å². The van der Waals surface area contributed by atoms with Crippen molar-refractivity contribution in [2.24, 2.45) is 5.92 Å². The molecule has 1 aliphatic carbocycles. The molecule has 0 saturated heterocycles. The highest BCUT2D eigenvalue weighted by Gasteiger charge is 2.22. The first-order chi connectivity index (χ1) is 5.90. The number of carbonyl (C=O) groups excluding carboxylic acids is 1. The molecular weight excluding hydrogens is 172 g/mol. The highest BCUT2D eigenvalue weighted by Crippen LogP contribution is 2.31. The van der Waals surface area contributed by atoms with Crippen LogP contribution in [0.2, 0.25) is 0 Å². The second-order valence-corrected chi connectivity index (χ2v) is 3.97. The lowest BCUT2D eigenvalue weighted by Gasteiger charge is -2.01. The molecule has 2 nitrogen and oxygen atoms in total. The van der Waals surface area contributed by atoms with E-state index in [1.165, 1.54) is 24.2 Å². The van der Waals surface area contributed by atoms with Gasteiger partial charge >= 0.3 is 0 Å². The monoisotopic (exact) mass is 182 g/mol. The second-order valence-electron chi connectivity index (χ2n) is 3.02. The van der Waals surface area contributed by atoms with Crippen LogP contribution in [0.4, 0.5) is 0 Å². The van der Waals surface area contributed by atoms with Crippen molar-refractivity contribution in [3.63, 3.8) is 0 Å². The second kappa shape index (κ2) is 3.27. The van der Waals surface area contributed by atoms with Gasteiger partial charge in [-0.1, -0.05) is 0 Å². The first-order valence-corrected chi connectivity index (χ1v) is 4.93. The van der Waals surface area contributed by atoms with Gasteiger partial charge < -0.3 is 4.74 Å². The zero-order chi connectivity index (χ0) is 8.39. The molecule has 0 aliphatic heterocycles. The molecule has 1 heterocycles. The Morgan fingerprint density at radius 1 is 1.67 bits per heavy atom. The van der Waals surface area contributed by atoms with Crippen LogP contribution < -0.4 is 4.74 Å². The van der Waals surface area contributed by atoms with E-state index in [4.69, 9.17) is 4.74 Å². The van der Waals surface area contributed by atoms with Crippen molar-refractivity contribution in [2.75, 3.05) is 6.61 Å². The smallest absolute Gasteiger partial charge is 0.163 e. The predicted molar refractivity (Wildman–Crippen MR) is 47.9 cm³/mol. The maximum Gasteiger partial charge on any atom is 0.163 e. The summed E-state index contributed by atoms with van der Waals surface area (Å²) in [5.74, 6) is 1.49. The van der Waals surface area contributed by atoms with Crippen molar-refractivity contribution in [2.45, 2.75) is 12.8 Å². The van der Waals surface area contributed by atoms with E-state index in [1.54, 1.807) is 0 Å². The lowest BCUT2D eigenvalue weighted by atomic mass is 10.4. The lowest BCUT2D eigenvalue weighted by molar-refractivity contribution is 0.112. The summed E-state index contributed by atoms with van der Waals surface area (Å²) >= 11 is 1.43. The largest absolute Gasteiger partial charge is 0.492 e. The summed E-state index contributed by atoms with van der Waals surface area (Å²) in [5, 5.41) is 1.88. The number of hydrogen-bond donors (Lipinski definition) is 0. The Balaban J connectivity index is 1.95. The van der Waals surface area contributed by atoms with Gasteiger partial charge in [-0.05, 0) is 30.2 Å². The Kier molecular flexibility index (Phi) is 2.13. The summed E-state index contributed by atoms with van der Waals surface area (Å²) in [7, 11) is 0. The van der Waals surface area contributed by atoms with E-state index in [0.717, 1.165) is 24.6 Å². The highest BCUT2D eigenvalue weighted by atomic mass is 32.1. The third kappa shape index (κ3) is 1.67. The van der Waals surface area contributed by atoms with Crippen LogP contribution in [0.1, 0.15) is 22.5 Å². The molecule has 2 rings (SSSR count). The van der Waals surface area contributed by atoms with Gasteiger partial charge in [0.2, 0.25) is 0 Å². The van der Waals surface area contributed by atoms with Crippen LogP contribution >= 0.6 is 11.3 Å². The minimum absolute atomic E-state index is 0.704. The normalized spacial score (nSPS) is 16.0. The van der Waals surface area contributed by atoms with Gasteiger partial charge in [-0.15, -0.1) is 11.3 Å². The lowest BCUT2D eigenvalue weighted by Crippen LogP contribution is -1.99. The summed E-state index contributed by atoms with van der Waals surface area (Å²) in [6.45, 7) is 0.775. The third-order valence-electron chi connectivity index (χ3n) is 1.94. The quantitative estimate of drug-likeness (QED) is 0.668. The highest BCUT2D eigenvalue weighted by molar-refractivity contribution is 7.12. The Morgan fingerprint density at radius 2 is 2.50 bits per heavy atom. The molecule has 12 heavy (non-hydrogen) atoms. The summed E-state index contributed by atoms with van der Waals surface area (Å²) in [4.78, 5) is 11.2. The van der Waals surface area contributed by atoms with Crippen molar-refractivity contribution < 1.29 is 9.53 Å². The summed E-state index contributed by atoms with van der Waals surface area (Å²) < 4.78 is 5.47. The number of carbonyl (C=O) groups is 1. The Hall–Kier alpha value is -0.830. The Morgan fingerprint density at radius 3 is 3.17 bits per heavy atom. The van der Waals surface area contributed by atoms with E-state index in [9.17, 15) is 4.79 Å². The van der Waals surface area contributed by atoms with Crippen molar-refractivity contribution in [1.82, 2.24) is 0 Å². The number of hydrogen-bond acceptors (Lipinski definition) is 3. The minimum atomic E-state index is 0.704. The molecule has 0 bridgehead atoms. The van der Waals surface area contributed by atoms with E-state index in [2.05, 4.69) is 0 Å². The number of thiophene rings is 1. The molecule has 0 unspecified atom stereocenters. The standard InChI is InChI=1S/C9H10O2S/c10-5-9-8(3-4-12-9)11-6-7-1-2-7/h3-5,7H,1-2,6H2. The van der Waals surface area contributed by atoms with Crippen LogP contribution in [0.25, 0.3) is 0 Å². The zero-order valence-electron chi connectivity index (χ0n) is 6.66. The van der Waals surface area contributed by atoms with E-state index in [1.807, 2.05) is 11.4 Å². The molecule has 0 aromatic carbocycles. The zero-order valence-corrected chi connectivity index (χ0v) is 7.47. The maximum atomic E-state index is 10.5. The molecule has 3 heteroatoms. The van der Waals surface area contributed by atoms with Crippen LogP contribution in [-0.2, 0) is 0 Å². The number of rotatable bonds is 4.